The predicted molar refractivity (Wildman–Crippen MR) is 88.3 cm³/mol. The Morgan fingerprint density at radius 3 is 2.57 bits per heavy atom. The molecule has 2 rings (SSSR count). The lowest BCUT2D eigenvalue weighted by atomic mass is 10.1. The molecule has 0 unspecified atom stereocenters. The molecule has 114 valence electrons. The SMILES string of the molecule is CC(C)Cc1nc(-c2cnccn2)sc1CNC(C)(C)C. The zero-order valence-electron chi connectivity index (χ0n) is 13.5. The molecule has 0 saturated carbocycles. The average Bonchev–Trinajstić information content (AvgIpc) is 2.79. The smallest absolute Gasteiger partial charge is 0.144 e. The minimum atomic E-state index is 0.103. The van der Waals surface area contributed by atoms with Gasteiger partial charge in [-0.15, -0.1) is 11.3 Å². The van der Waals surface area contributed by atoms with Gasteiger partial charge in [0.2, 0.25) is 0 Å². The van der Waals surface area contributed by atoms with Crippen LogP contribution < -0.4 is 5.32 Å². The van der Waals surface area contributed by atoms with Crippen molar-refractivity contribution in [3.63, 3.8) is 0 Å². The Labute approximate surface area is 131 Å². The maximum absolute atomic E-state index is 4.80. The fourth-order valence-electron chi connectivity index (χ4n) is 1.93. The van der Waals surface area contributed by atoms with E-state index in [0.717, 1.165) is 23.7 Å². The molecule has 0 aromatic carbocycles. The van der Waals surface area contributed by atoms with E-state index in [4.69, 9.17) is 4.98 Å². The van der Waals surface area contributed by atoms with E-state index in [-0.39, 0.29) is 5.54 Å². The van der Waals surface area contributed by atoms with Crippen molar-refractivity contribution in [2.75, 3.05) is 0 Å². The van der Waals surface area contributed by atoms with Gasteiger partial charge < -0.3 is 5.32 Å². The summed E-state index contributed by atoms with van der Waals surface area (Å²) in [5.41, 5.74) is 2.15. The van der Waals surface area contributed by atoms with Gasteiger partial charge in [0.1, 0.15) is 10.7 Å². The van der Waals surface area contributed by atoms with Crippen LogP contribution in [0.25, 0.3) is 10.7 Å². The van der Waals surface area contributed by atoms with Gasteiger partial charge in [0, 0.05) is 29.4 Å². The summed E-state index contributed by atoms with van der Waals surface area (Å²) in [4.78, 5) is 14.6. The van der Waals surface area contributed by atoms with E-state index in [1.54, 1.807) is 29.9 Å². The van der Waals surface area contributed by atoms with Crippen LogP contribution in [0.2, 0.25) is 0 Å². The molecule has 0 saturated heterocycles. The minimum absolute atomic E-state index is 0.103. The van der Waals surface area contributed by atoms with Crippen molar-refractivity contribution in [2.45, 2.75) is 53.1 Å². The van der Waals surface area contributed by atoms with Gasteiger partial charge in [-0.05, 0) is 33.1 Å². The van der Waals surface area contributed by atoms with Crippen LogP contribution in [0, 0.1) is 5.92 Å². The van der Waals surface area contributed by atoms with Gasteiger partial charge in [-0.2, -0.15) is 0 Å². The van der Waals surface area contributed by atoms with Gasteiger partial charge in [0.05, 0.1) is 11.9 Å². The molecule has 0 aliphatic rings. The normalized spacial score (nSPS) is 12.1. The molecule has 2 heterocycles. The van der Waals surface area contributed by atoms with E-state index in [9.17, 15) is 0 Å². The molecule has 0 amide bonds. The molecule has 0 bridgehead atoms. The summed E-state index contributed by atoms with van der Waals surface area (Å²) in [6.45, 7) is 11.8. The Morgan fingerprint density at radius 2 is 2.00 bits per heavy atom. The van der Waals surface area contributed by atoms with E-state index in [0.29, 0.717) is 5.92 Å². The topological polar surface area (TPSA) is 50.7 Å². The summed E-state index contributed by atoms with van der Waals surface area (Å²) in [6.07, 6.45) is 6.18. The first-order valence-electron chi connectivity index (χ1n) is 7.35. The van der Waals surface area contributed by atoms with Crippen LogP contribution in [0.15, 0.2) is 18.6 Å². The van der Waals surface area contributed by atoms with E-state index in [1.807, 2.05) is 0 Å². The first-order chi connectivity index (χ1) is 9.85. The molecule has 21 heavy (non-hydrogen) atoms. The Kier molecular flexibility index (Phi) is 5.06. The molecular formula is C16H24N4S. The number of rotatable bonds is 5. The van der Waals surface area contributed by atoms with Crippen molar-refractivity contribution in [2.24, 2.45) is 5.92 Å². The lowest BCUT2D eigenvalue weighted by molar-refractivity contribution is 0.425. The Balaban J connectivity index is 2.27. The van der Waals surface area contributed by atoms with Gasteiger partial charge >= 0.3 is 0 Å². The maximum Gasteiger partial charge on any atom is 0.144 e. The minimum Gasteiger partial charge on any atom is -0.307 e. The monoisotopic (exact) mass is 304 g/mol. The van der Waals surface area contributed by atoms with Crippen LogP contribution in [-0.2, 0) is 13.0 Å². The van der Waals surface area contributed by atoms with E-state index in [2.05, 4.69) is 49.9 Å². The van der Waals surface area contributed by atoms with Crippen LogP contribution in [0.1, 0.15) is 45.2 Å². The molecular weight excluding hydrogens is 280 g/mol. The first-order valence-corrected chi connectivity index (χ1v) is 8.17. The predicted octanol–water partition coefficient (Wildman–Crippen LogP) is 3.69. The number of nitrogens with one attached hydrogen (secondary N) is 1. The van der Waals surface area contributed by atoms with Crippen molar-refractivity contribution in [3.8, 4) is 10.7 Å². The second kappa shape index (κ2) is 6.62. The summed E-state index contributed by atoms with van der Waals surface area (Å²) < 4.78 is 0. The maximum atomic E-state index is 4.80. The van der Waals surface area contributed by atoms with Gasteiger partial charge in [0.25, 0.3) is 0 Å². The molecule has 4 nitrogen and oxygen atoms in total. The summed E-state index contributed by atoms with van der Waals surface area (Å²) in [7, 11) is 0. The third kappa shape index (κ3) is 4.86. The second-order valence-electron chi connectivity index (χ2n) is 6.68. The highest BCUT2D eigenvalue weighted by molar-refractivity contribution is 7.15. The summed E-state index contributed by atoms with van der Waals surface area (Å²) in [6, 6.07) is 0. The fraction of sp³-hybridized carbons (Fsp3) is 0.562. The van der Waals surface area contributed by atoms with Crippen molar-refractivity contribution >= 4 is 11.3 Å². The zero-order valence-corrected chi connectivity index (χ0v) is 14.3. The number of thiazole rings is 1. The first kappa shape index (κ1) is 16.0. The van der Waals surface area contributed by atoms with Gasteiger partial charge in [-0.25, -0.2) is 4.98 Å². The van der Waals surface area contributed by atoms with Gasteiger partial charge in [0.15, 0.2) is 0 Å². The van der Waals surface area contributed by atoms with Crippen LogP contribution in [0.3, 0.4) is 0 Å². The zero-order chi connectivity index (χ0) is 15.5. The highest BCUT2D eigenvalue weighted by Crippen LogP contribution is 2.28. The van der Waals surface area contributed by atoms with Crippen molar-refractivity contribution in [3.05, 3.63) is 29.2 Å². The van der Waals surface area contributed by atoms with E-state index in [1.165, 1.54) is 10.6 Å². The molecule has 2 aromatic rings. The highest BCUT2D eigenvalue weighted by atomic mass is 32.1. The highest BCUT2D eigenvalue weighted by Gasteiger charge is 2.17. The average molecular weight is 304 g/mol. The van der Waals surface area contributed by atoms with Crippen molar-refractivity contribution < 1.29 is 0 Å². The van der Waals surface area contributed by atoms with Crippen LogP contribution in [0.5, 0.6) is 0 Å². The molecule has 0 atom stereocenters. The Morgan fingerprint density at radius 1 is 1.24 bits per heavy atom. The van der Waals surface area contributed by atoms with Gasteiger partial charge in [-0.1, -0.05) is 13.8 Å². The third-order valence-corrected chi connectivity index (χ3v) is 4.06. The van der Waals surface area contributed by atoms with E-state index >= 15 is 0 Å². The summed E-state index contributed by atoms with van der Waals surface area (Å²) in [5.74, 6) is 0.593. The molecule has 0 aliphatic carbocycles. The lowest BCUT2D eigenvalue weighted by Gasteiger charge is -2.20. The molecule has 0 spiro atoms. The molecule has 5 heteroatoms. The summed E-state index contributed by atoms with van der Waals surface area (Å²) >= 11 is 1.72. The molecule has 0 aliphatic heterocycles. The fourth-order valence-corrected chi connectivity index (χ4v) is 2.92. The largest absolute Gasteiger partial charge is 0.307 e. The van der Waals surface area contributed by atoms with Crippen LogP contribution in [-0.4, -0.2) is 20.5 Å². The van der Waals surface area contributed by atoms with E-state index < -0.39 is 0 Å². The van der Waals surface area contributed by atoms with Crippen LogP contribution in [0.4, 0.5) is 0 Å². The standard InChI is InChI=1S/C16H24N4S/c1-11(2)8-12-14(10-19-16(3,4)5)21-15(20-12)13-9-17-6-7-18-13/h6-7,9,11,19H,8,10H2,1-5H3. The molecule has 1 N–H and O–H groups in total. The van der Waals surface area contributed by atoms with Crippen LogP contribution >= 0.6 is 11.3 Å². The summed E-state index contributed by atoms with van der Waals surface area (Å²) in [5, 5.41) is 4.51. The number of aromatic nitrogens is 3. The quantitative estimate of drug-likeness (QED) is 0.915. The Bertz CT molecular complexity index is 570. The molecule has 0 radical (unpaired) electrons. The number of hydrogen-bond donors (Lipinski definition) is 1. The third-order valence-electron chi connectivity index (χ3n) is 2.94. The number of hydrogen-bond acceptors (Lipinski definition) is 5. The lowest BCUT2D eigenvalue weighted by Crippen LogP contribution is -2.35. The van der Waals surface area contributed by atoms with Gasteiger partial charge in [-0.3, -0.25) is 9.97 Å². The number of nitrogens with zero attached hydrogens (tertiary/aromatic N) is 3. The Hall–Kier alpha value is -1.33. The second-order valence-corrected chi connectivity index (χ2v) is 7.76. The van der Waals surface area contributed by atoms with Crippen molar-refractivity contribution in [1.82, 2.24) is 20.3 Å². The molecule has 0 fully saturated rings. The molecule has 2 aromatic heterocycles. The van der Waals surface area contributed by atoms with Crippen molar-refractivity contribution in [1.29, 1.82) is 0 Å².